The molecule has 0 saturated heterocycles. The number of rotatable bonds is 6. The van der Waals surface area contributed by atoms with Gasteiger partial charge in [-0.25, -0.2) is 13.4 Å². The van der Waals surface area contributed by atoms with E-state index in [9.17, 15) is 18.5 Å². The summed E-state index contributed by atoms with van der Waals surface area (Å²) in [6.07, 6.45) is 4.13. The Bertz CT molecular complexity index is 1500. The molecule has 1 amide bonds. The van der Waals surface area contributed by atoms with Crippen LogP contribution in [-0.4, -0.2) is 45.9 Å². The number of hydrogen-bond donors (Lipinski definition) is 1. The fourth-order valence-electron chi connectivity index (χ4n) is 3.33. The molecule has 34 heavy (non-hydrogen) atoms. The minimum absolute atomic E-state index is 0.00153. The molecule has 3 heterocycles. The number of hydrogen-bond acceptors (Lipinski definition) is 7. The standard InChI is InChI=1S/C22H20N8O3S/c1-15-7-9-17(10-8-15)34(32,33)29(3)22-18(14-25-28(22)2)21(31)27-20-16(12-23)13-26-30(20)19-6-4-5-11-24-19/h4-11,13-14H,1-3H3,(H,27,31). The molecule has 0 bridgehead atoms. The third-order valence-corrected chi connectivity index (χ3v) is 6.88. The predicted molar refractivity (Wildman–Crippen MR) is 124 cm³/mol. The van der Waals surface area contributed by atoms with Gasteiger partial charge in [0.25, 0.3) is 15.9 Å². The summed E-state index contributed by atoms with van der Waals surface area (Å²) in [5.74, 6) is -0.112. The highest BCUT2D eigenvalue weighted by Gasteiger charge is 2.29. The van der Waals surface area contributed by atoms with Gasteiger partial charge in [-0.3, -0.25) is 13.8 Å². The van der Waals surface area contributed by atoms with Gasteiger partial charge in [-0.1, -0.05) is 23.8 Å². The zero-order valence-corrected chi connectivity index (χ0v) is 19.4. The number of amides is 1. The van der Waals surface area contributed by atoms with Crippen LogP contribution < -0.4 is 9.62 Å². The molecule has 0 fully saturated rings. The molecule has 4 rings (SSSR count). The number of aryl methyl sites for hydroxylation is 2. The lowest BCUT2D eigenvalue weighted by Crippen LogP contribution is -2.30. The van der Waals surface area contributed by atoms with Crippen LogP contribution >= 0.6 is 0 Å². The molecule has 0 aliphatic rings. The Labute approximate surface area is 195 Å². The largest absolute Gasteiger partial charge is 0.305 e. The lowest BCUT2D eigenvalue weighted by atomic mass is 10.2. The average molecular weight is 477 g/mol. The molecule has 0 radical (unpaired) electrons. The SMILES string of the molecule is Cc1ccc(S(=O)(=O)N(C)c2c(C(=O)Nc3c(C#N)cnn3-c3ccccn3)cnn2C)cc1. The van der Waals surface area contributed by atoms with Gasteiger partial charge >= 0.3 is 0 Å². The Morgan fingerprint density at radius 3 is 2.50 bits per heavy atom. The summed E-state index contributed by atoms with van der Waals surface area (Å²) in [4.78, 5) is 17.5. The third kappa shape index (κ3) is 4.00. The van der Waals surface area contributed by atoms with E-state index >= 15 is 0 Å². The molecule has 1 N–H and O–H groups in total. The molecular formula is C22H20N8O3S. The van der Waals surface area contributed by atoms with E-state index in [-0.39, 0.29) is 27.7 Å². The number of nitrogens with one attached hydrogen (secondary N) is 1. The number of carbonyl (C=O) groups is 1. The quantitative estimate of drug-likeness (QED) is 0.450. The van der Waals surface area contributed by atoms with Gasteiger partial charge in [0.1, 0.15) is 17.2 Å². The van der Waals surface area contributed by atoms with Crippen LogP contribution in [0.1, 0.15) is 21.5 Å². The van der Waals surface area contributed by atoms with Crippen LogP contribution in [-0.2, 0) is 17.1 Å². The molecule has 12 heteroatoms. The highest BCUT2D eigenvalue weighted by Crippen LogP contribution is 2.27. The number of pyridine rings is 1. The van der Waals surface area contributed by atoms with Gasteiger partial charge < -0.3 is 5.32 Å². The van der Waals surface area contributed by atoms with E-state index in [2.05, 4.69) is 20.5 Å². The van der Waals surface area contributed by atoms with Crippen LogP contribution in [0.5, 0.6) is 0 Å². The molecule has 4 aromatic rings. The Morgan fingerprint density at radius 1 is 1.12 bits per heavy atom. The van der Waals surface area contributed by atoms with Gasteiger partial charge in [0, 0.05) is 20.3 Å². The van der Waals surface area contributed by atoms with E-state index in [1.807, 2.05) is 13.0 Å². The number of nitriles is 1. The number of anilines is 2. The van der Waals surface area contributed by atoms with Crippen LogP contribution in [0, 0.1) is 18.3 Å². The molecule has 1 aromatic carbocycles. The van der Waals surface area contributed by atoms with E-state index in [4.69, 9.17) is 0 Å². The molecular weight excluding hydrogens is 456 g/mol. The summed E-state index contributed by atoms with van der Waals surface area (Å²) < 4.78 is 30.0. The van der Waals surface area contributed by atoms with Crippen LogP contribution in [0.15, 0.2) is 66.0 Å². The van der Waals surface area contributed by atoms with Gasteiger partial charge in [0.15, 0.2) is 17.5 Å². The summed E-state index contributed by atoms with van der Waals surface area (Å²) >= 11 is 0. The average Bonchev–Trinajstić information content (AvgIpc) is 3.42. The van der Waals surface area contributed by atoms with Crippen molar-refractivity contribution in [1.82, 2.24) is 24.5 Å². The first kappa shape index (κ1) is 22.7. The molecule has 0 unspecified atom stereocenters. The fourth-order valence-corrected chi connectivity index (χ4v) is 4.57. The normalized spacial score (nSPS) is 11.1. The molecule has 0 saturated carbocycles. The first-order valence-electron chi connectivity index (χ1n) is 10.0. The van der Waals surface area contributed by atoms with Crippen molar-refractivity contribution in [2.75, 3.05) is 16.7 Å². The molecule has 0 spiro atoms. The van der Waals surface area contributed by atoms with Crippen molar-refractivity contribution < 1.29 is 13.2 Å². The van der Waals surface area contributed by atoms with Crippen LogP contribution in [0.3, 0.4) is 0 Å². The second-order valence-corrected chi connectivity index (χ2v) is 9.33. The molecule has 0 aliphatic carbocycles. The second kappa shape index (κ2) is 8.80. The minimum Gasteiger partial charge on any atom is -0.305 e. The Morgan fingerprint density at radius 2 is 1.85 bits per heavy atom. The first-order valence-corrected chi connectivity index (χ1v) is 11.5. The Kier molecular flexibility index (Phi) is 5.87. The van der Waals surface area contributed by atoms with Crippen LogP contribution in [0.25, 0.3) is 5.82 Å². The molecule has 0 aliphatic heterocycles. The van der Waals surface area contributed by atoms with E-state index in [1.54, 1.807) is 36.5 Å². The summed E-state index contributed by atoms with van der Waals surface area (Å²) in [6.45, 7) is 1.86. The van der Waals surface area contributed by atoms with Gasteiger partial charge in [0.05, 0.1) is 17.3 Å². The minimum atomic E-state index is -3.97. The maximum atomic E-state index is 13.3. The topological polar surface area (TPSA) is 139 Å². The van der Waals surface area contributed by atoms with Crippen molar-refractivity contribution in [3.05, 3.63) is 77.7 Å². The van der Waals surface area contributed by atoms with Gasteiger partial charge in [-0.05, 0) is 31.2 Å². The number of sulfonamides is 1. The zero-order valence-electron chi connectivity index (χ0n) is 18.5. The predicted octanol–water partition coefficient (Wildman–Crippen LogP) is 2.26. The van der Waals surface area contributed by atoms with Crippen molar-refractivity contribution in [2.45, 2.75) is 11.8 Å². The van der Waals surface area contributed by atoms with Gasteiger partial charge in [-0.2, -0.15) is 20.1 Å². The van der Waals surface area contributed by atoms with Gasteiger partial charge in [-0.15, -0.1) is 0 Å². The highest BCUT2D eigenvalue weighted by atomic mass is 32.2. The van der Waals surface area contributed by atoms with E-state index in [0.29, 0.717) is 5.82 Å². The molecule has 172 valence electrons. The lowest BCUT2D eigenvalue weighted by molar-refractivity contribution is 0.102. The lowest BCUT2D eigenvalue weighted by Gasteiger charge is -2.21. The van der Waals surface area contributed by atoms with Crippen molar-refractivity contribution in [2.24, 2.45) is 7.05 Å². The highest BCUT2D eigenvalue weighted by molar-refractivity contribution is 7.92. The fraction of sp³-hybridized carbons (Fsp3) is 0.136. The number of aromatic nitrogens is 5. The maximum Gasteiger partial charge on any atom is 0.265 e. The van der Waals surface area contributed by atoms with E-state index in [0.717, 1.165) is 9.87 Å². The smallest absolute Gasteiger partial charge is 0.265 e. The monoisotopic (exact) mass is 476 g/mol. The summed E-state index contributed by atoms with van der Waals surface area (Å²) in [7, 11) is -1.09. The molecule has 3 aromatic heterocycles. The van der Waals surface area contributed by atoms with Crippen LogP contribution in [0.2, 0.25) is 0 Å². The van der Waals surface area contributed by atoms with Crippen molar-refractivity contribution in [3.63, 3.8) is 0 Å². The number of nitrogens with zero attached hydrogens (tertiary/aromatic N) is 7. The summed E-state index contributed by atoms with van der Waals surface area (Å²) in [5.41, 5.74) is 1.03. The first-order chi connectivity index (χ1) is 16.2. The van der Waals surface area contributed by atoms with Crippen molar-refractivity contribution in [1.29, 1.82) is 5.26 Å². The summed E-state index contributed by atoms with van der Waals surface area (Å²) in [6, 6.07) is 13.5. The number of carbonyl (C=O) groups excluding carboxylic acids is 1. The maximum absolute atomic E-state index is 13.3. The zero-order chi connectivity index (χ0) is 24.5. The van der Waals surface area contributed by atoms with Crippen LogP contribution in [0.4, 0.5) is 11.6 Å². The van der Waals surface area contributed by atoms with Crippen molar-refractivity contribution >= 4 is 27.6 Å². The molecule has 11 nitrogen and oxygen atoms in total. The Hall–Kier alpha value is -4.50. The van der Waals surface area contributed by atoms with Crippen molar-refractivity contribution in [3.8, 4) is 11.9 Å². The third-order valence-electron chi connectivity index (χ3n) is 5.12. The number of benzene rings is 1. The van der Waals surface area contributed by atoms with E-state index in [1.165, 1.54) is 48.0 Å². The van der Waals surface area contributed by atoms with E-state index < -0.39 is 15.9 Å². The molecule has 0 atom stereocenters. The summed E-state index contributed by atoms with van der Waals surface area (Å²) in [5, 5.41) is 20.4. The second-order valence-electron chi connectivity index (χ2n) is 7.36. The Balaban J connectivity index is 1.71. The van der Waals surface area contributed by atoms with Gasteiger partial charge in [0.2, 0.25) is 0 Å².